The van der Waals surface area contributed by atoms with E-state index in [1.54, 1.807) is 0 Å². The Labute approximate surface area is 102 Å². The topological polar surface area (TPSA) is 75.3 Å². The van der Waals surface area contributed by atoms with Crippen LogP contribution in [0.5, 0.6) is 0 Å². The summed E-state index contributed by atoms with van der Waals surface area (Å²) in [5.41, 5.74) is 0. The van der Waals surface area contributed by atoms with E-state index in [4.69, 9.17) is 11.6 Å². The summed E-state index contributed by atoms with van der Waals surface area (Å²) in [6.45, 7) is 2.30. The minimum absolute atomic E-state index is 0.0147. The Morgan fingerprint density at radius 1 is 1.31 bits per heavy atom. The third-order valence-electron chi connectivity index (χ3n) is 1.82. The molecular weight excluding hydrogens is 252 g/mol. The number of carbonyl (C=O) groups is 1. The van der Waals surface area contributed by atoms with Crippen molar-refractivity contribution in [2.24, 2.45) is 0 Å². The molecule has 0 saturated carbocycles. The Kier molecular flexibility index (Phi) is 8.60. The summed E-state index contributed by atoms with van der Waals surface area (Å²) in [5, 5.41) is 2.59. The zero-order chi connectivity index (χ0) is 12.4. The van der Waals surface area contributed by atoms with Crippen molar-refractivity contribution in [2.45, 2.75) is 26.2 Å². The molecule has 0 aromatic rings. The molecule has 0 fully saturated rings. The van der Waals surface area contributed by atoms with E-state index in [0.717, 1.165) is 6.42 Å². The lowest BCUT2D eigenvalue weighted by atomic mass is 10.4. The Morgan fingerprint density at radius 3 is 2.56 bits per heavy atom. The van der Waals surface area contributed by atoms with Gasteiger partial charge in [-0.1, -0.05) is 6.92 Å². The molecule has 0 spiro atoms. The Bertz CT molecular complexity index is 293. The van der Waals surface area contributed by atoms with Gasteiger partial charge in [0.15, 0.2) is 0 Å². The number of sulfonamides is 1. The lowest BCUT2D eigenvalue weighted by molar-refractivity contribution is -0.119. The number of nitrogens with one attached hydrogen (secondary N) is 2. The number of rotatable bonds is 9. The van der Waals surface area contributed by atoms with E-state index in [2.05, 4.69) is 10.0 Å². The molecule has 1 amide bonds. The minimum Gasteiger partial charge on any atom is -0.355 e. The van der Waals surface area contributed by atoms with Gasteiger partial charge in [0, 0.05) is 12.4 Å². The molecule has 16 heavy (non-hydrogen) atoms. The Hall–Kier alpha value is -0.330. The quantitative estimate of drug-likeness (QED) is 0.472. The second-order valence-corrected chi connectivity index (χ2v) is 5.69. The fourth-order valence-corrected chi connectivity index (χ4v) is 2.23. The van der Waals surface area contributed by atoms with E-state index in [-0.39, 0.29) is 18.2 Å². The van der Waals surface area contributed by atoms with Crippen LogP contribution in [0, 0.1) is 0 Å². The first-order valence-corrected chi connectivity index (χ1v) is 7.50. The summed E-state index contributed by atoms with van der Waals surface area (Å²) in [7, 11) is -3.34. The number of halogens is 1. The van der Waals surface area contributed by atoms with Crippen LogP contribution in [-0.2, 0) is 14.8 Å². The van der Waals surface area contributed by atoms with Crippen LogP contribution in [0.15, 0.2) is 0 Å². The van der Waals surface area contributed by atoms with Crippen molar-refractivity contribution in [3.8, 4) is 0 Å². The van der Waals surface area contributed by atoms with E-state index in [1.165, 1.54) is 0 Å². The van der Waals surface area contributed by atoms with Crippen LogP contribution in [0.3, 0.4) is 0 Å². The molecule has 0 heterocycles. The van der Waals surface area contributed by atoms with Gasteiger partial charge in [-0.2, -0.15) is 0 Å². The van der Waals surface area contributed by atoms with E-state index in [9.17, 15) is 13.2 Å². The lowest BCUT2D eigenvalue weighted by Gasteiger charge is -2.06. The third-order valence-corrected chi connectivity index (χ3v) is 3.50. The smallest absolute Gasteiger partial charge is 0.235 e. The Morgan fingerprint density at radius 2 is 2.00 bits per heavy atom. The van der Waals surface area contributed by atoms with Gasteiger partial charge in [0.1, 0.15) is 0 Å². The first kappa shape index (κ1) is 15.7. The molecule has 0 atom stereocenters. The second-order valence-electron chi connectivity index (χ2n) is 3.39. The van der Waals surface area contributed by atoms with Crippen LogP contribution in [0.1, 0.15) is 26.2 Å². The standard InChI is InChI=1S/C9H19ClN2O3S/c1-2-6-11-9(13)8-12-16(14,15)7-4-3-5-10/h12H,2-8H2,1H3,(H,11,13). The summed E-state index contributed by atoms with van der Waals surface area (Å²) < 4.78 is 24.9. The van der Waals surface area contributed by atoms with Gasteiger partial charge in [-0.3, -0.25) is 4.79 Å². The maximum atomic E-state index is 11.3. The van der Waals surface area contributed by atoms with Gasteiger partial charge in [-0.15, -0.1) is 11.6 Å². The molecule has 0 saturated heterocycles. The molecule has 0 unspecified atom stereocenters. The van der Waals surface area contributed by atoms with Gasteiger partial charge in [0.25, 0.3) is 0 Å². The molecule has 7 heteroatoms. The molecule has 0 radical (unpaired) electrons. The summed E-state index contributed by atoms with van der Waals surface area (Å²) in [4.78, 5) is 11.1. The van der Waals surface area contributed by atoms with Crippen LogP contribution in [0.2, 0.25) is 0 Å². The highest BCUT2D eigenvalue weighted by molar-refractivity contribution is 7.89. The van der Waals surface area contributed by atoms with E-state index in [0.29, 0.717) is 25.3 Å². The monoisotopic (exact) mass is 270 g/mol. The highest BCUT2D eigenvalue weighted by Gasteiger charge is 2.11. The highest BCUT2D eigenvalue weighted by Crippen LogP contribution is 1.95. The summed E-state index contributed by atoms with van der Waals surface area (Å²) in [6.07, 6.45) is 1.99. The molecule has 0 aliphatic heterocycles. The molecule has 0 aliphatic carbocycles. The van der Waals surface area contributed by atoms with Crippen LogP contribution in [0.4, 0.5) is 0 Å². The molecule has 5 nitrogen and oxygen atoms in total. The van der Waals surface area contributed by atoms with Crippen molar-refractivity contribution < 1.29 is 13.2 Å². The fraction of sp³-hybridized carbons (Fsp3) is 0.889. The molecule has 2 N–H and O–H groups in total. The maximum Gasteiger partial charge on any atom is 0.235 e. The predicted octanol–water partition coefficient (Wildman–Crippen LogP) is 0.451. The molecule has 0 aromatic carbocycles. The van der Waals surface area contributed by atoms with E-state index in [1.807, 2.05) is 6.92 Å². The average molecular weight is 271 g/mol. The maximum absolute atomic E-state index is 11.3. The zero-order valence-corrected chi connectivity index (χ0v) is 11.0. The third kappa shape index (κ3) is 8.94. The number of carbonyl (C=O) groups excluding carboxylic acids is 1. The van der Waals surface area contributed by atoms with Crippen LogP contribution < -0.4 is 10.0 Å². The SMILES string of the molecule is CCCNC(=O)CNS(=O)(=O)CCCCCl. The average Bonchev–Trinajstić information content (AvgIpc) is 2.24. The van der Waals surface area contributed by atoms with Crippen molar-refractivity contribution in [3.05, 3.63) is 0 Å². The van der Waals surface area contributed by atoms with Crippen molar-refractivity contribution in [1.29, 1.82) is 0 Å². The largest absolute Gasteiger partial charge is 0.355 e. The fourth-order valence-electron chi connectivity index (χ4n) is 0.961. The highest BCUT2D eigenvalue weighted by atomic mass is 35.5. The number of unbranched alkanes of at least 4 members (excludes halogenated alkanes) is 1. The van der Waals surface area contributed by atoms with E-state index >= 15 is 0 Å². The van der Waals surface area contributed by atoms with Gasteiger partial charge in [0.2, 0.25) is 15.9 Å². The number of alkyl halides is 1. The van der Waals surface area contributed by atoms with Gasteiger partial charge >= 0.3 is 0 Å². The first-order chi connectivity index (χ1) is 7.52. The number of amides is 1. The van der Waals surface area contributed by atoms with Crippen molar-refractivity contribution in [2.75, 3.05) is 24.7 Å². The van der Waals surface area contributed by atoms with Gasteiger partial charge in [0.05, 0.1) is 12.3 Å². The molecule has 96 valence electrons. The first-order valence-electron chi connectivity index (χ1n) is 5.32. The van der Waals surface area contributed by atoms with Crippen molar-refractivity contribution in [1.82, 2.24) is 10.0 Å². The van der Waals surface area contributed by atoms with Crippen LogP contribution in [0.25, 0.3) is 0 Å². The van der Waals surface area contributed by atoms with E-state index < -0.39 is 10.0 Å². The lowest BCUT2D eigenvalue weighted by Crippen LogP contribution is -2.38. The number of hydrogen-bond acceptors (Lipinski definition) is 3. The van der Waals surface area contributed by atoms with Crippen molar-refractivity contribution in [3.63, 3.8) is 0 Å². The molecule has 0 bridgehead atoms. The predicted molar refractivity (Wildman–Crippen MR) is 65.0 cm³/mol. The van der Waals surface area contributed by atoms with Crippen molar-refractivity contribution >= 4 is 27.5 Å². The number of hydrogen-bond donors (Lipinski definition) is 2. The normalized spacial score (nSPS) is 11.4. The van der Waals surface area contributed by atoms with Crippen LogP contribution >= 0.6 is 11.6 Å². The molecular formula is C9H19ClN2O3S. The van der Waals surface area contributed by atoms with Gasteiger partial charge in [-0.05, 0) is 19.3 Å². The van der Waals surface area contributed by atoms with Gasteiger partial charge < -0.3 is 5.32 Å². The van der Waals surface area contributed by atoms with Crippen LogP contribution in [-0.4, -0.2) is 39.0 Å². The summed E-state index contributed by atoms with van der Waals surface area (Å²) >= 11 is 5.44. The molecule has 0 aliphatic rings. The summed E-state index contributed by atoms with van der Waals surface area (Å²) in [6, 6.07) is 0. The minimum atomic E-state index is -3.34. The molecule has 0 aromatic heterocycles. The Balaban J connectivity index is 3.76. The second kappa shape index (κ2) is 8.78. The zero-order valence-electron chi connectivity index (χ0n) is 9.46. The van der Waals surface area contributed by atoms with Gasteiger partial charge in [-0.25, -0.2) is 13.1 Å². The summed E-state index contributed by atoms with van der Waals surface area (Å²) in [5.74, 6) is 0.163. The molecule has 0 rings (SSSR count).